The van der Waals surface area contributed by atoms with Gasteiger partial charge in [0.05, 0.1) is 16.8 Å². The lowest BCUT2D eigenvalue weighted by molar-refractivity contribution is 1.06. The van der Waals surface area contributed by atoms with E-state index in [1.54, 1.807) is 0 Å². The number of nitrogens with one attached hydrogen (secondary N) is 2. The maximum Gasteiger partial charge on any atom is 0.327 e. The molecular formula is C19H13BrN4O2. The van der Waals surface area contributed by atoms with E-state index in [0.717, 1.165) is 15.6 Å². The number of aromatic amines is 2. The normalized spacial score (nSPS) is 11.0. The van der Waals surface area contributed by atoms with Crippen LogP contribution < -0.4 is 17.0 Å². The standard InChI is InChI=1S/C19H13BrN4O2/c20-12-8-6-11(7-9-12)16-15(21)13(10-4-2-1-3-5-10)14-17(22-16)23-19(26)24-18(14)25/h1-9H,21H2,(H2,22,23,24,25,26). The fraction of sp³-hybridized carbons (Fsp3) is 0. The summed E-state index contributed by atoms with van der Waals surface area (Å²) in [5, 5.41) is 0.258. The first-order chi connectivity index (χ1) is 12.5. The van der Waals surface area contributed by atoms with Crippen LogP contribution in [0.5, 0.6) is 0 Å². The quantitative estimate of drug-likeness (QED) is 0.473. The van der Waals surface area contributed by atoms with Gasteiger partial charge in [-0.05, 0) is 17.7 Å². The summed E-state index contributed by atoms with van der Waals surface area (Å²) in [5.74, 6) is 0. The van der Waals surface area contributed by atoms with Gasteiger partial charge in [0, 0.05) is 15.6 Å². The summed E-state index contributed by atoms with van der Waals surface area (Å²) in [5.41, 5.74) is 8.49. The van der Waals surface area contributed by atoms with E-state index in [2.05, 4.69) is 30.9 Å². The monoisotopic (exact) mass is 408 g/mol. The van der Waals surface area contributed by atoms with Crippen LogP contribution in [0.1, 0.15) is 0 Å². The number of pyridine rings is 1. The first kappa shape index (κ1) is 16.3. The zero-order valence-corrected chi connectivity index (χ0v) is 15.0. The summed E-state index contributed by atoms with van der Waals surface area (Å²) >= 11 is 3.40. The summed E-state index contributed by atoms with van der Waals surface area (Å²) in [6, 6.07) is 16.8. The van der Waals surface area contributed by atoms with Gasteiger partial charge in [-0.25, -0.2) is 9.78 Å². The number of anilines is 1. The molecule has 0 spiro atoms. The first-order valence-electron chi connectivity index (χ1n) is 7.82. The van der Waals surface area contributed by atoms with Crippen molar-refractivity contribution < 1.29 is 0 Å². The number of H-pyrrole nitrogens is 2. The topological polar surface area (TPSA) is 105 Å². The van der Waals surface area contributed by atoms with Crippen LogP contribution in [0.15, 0.2) is 68.7 Å². The Morgan fingerprint density at radius 3 is 2.27 bits per heavy atom. The highest BCUT2D eigenvalue weighted by Crippen LogP contribution is 2.37. The van der Waals surface area contributed by atoms with Crippen LogP contribution in [0.4, 0.5) is 5.69 Å². The van der Waals surface area contributed by atoms with Crippen molar-refractivity contribution >= 4 is 32.7 Å². The van der Waals surface area contributed by atoms with Gasteiger partial charge >= 0.3 is 5.69 Å². The summed E-state index contributed by atoms with van der Waals surface area (Å²) in [6.45, 7) is 0. The second-order valence-corrected chi connectivity index (χ2v) is 6.67. The minimum absolute atomic E-state index is 0.199. The van der Waals surface area contributed by atoms with E-state index in [0.29, 0.717) is 16.9 Å². The van der Waals surface area contributed by atoms with Crippen LogP contribution in [0.2, 0.25) is 0 Å². The Balaban J connectivity index is 2.16. The Morgan fingerprint density at radius 1 is 0.885 bits per heavy atom. The molecule has 0 amide bonds. The lowest BCUT2D eigenvalue weighted by atomic mass is 9.98. The largest absolute Gasteiger partial charge is 0.396 e. The Morgan fingerprint density at radius 2 is 1.58 bits per heavy atom. The van der Waals surface area contributed by atoms with Crippen LogP contribution >= 0.6 is 15.9 Å². The molecule has 7 heteroatoms. The van der Waals surface area contributed by atoms with Crippen LogP contribution in [-0.4, -0.2) is 15.0 Å². The number of nitrogens with two attached hydrogens (primary N) is 1. The van der Waals surface area contributed by atoms with Gasteiger partial charge in [0.1, 0.15) is 5.65 Å². The number of rotatable bonds is 2. The fourth-order valence-electron chi connectivity index (χ4n) is 2.95. The number of fused-ring (bicyclic) bond motifs is 1. The molecule has 2 aromatic carbocycles. The Kier molecular flexibility index (Phi) is 3.93. The third-order valence-electron chi connectivity index (χ3n) is 4.10. The molecule has 4 aromatic rings. The zero-order chi connectivity index (χ0) is 18.3. The number of aromatic nitrogens is 3. The van der Waals surface area contributed by atoms with E-state index in [4.69, 9.17) is 5.73 Å². The predicted octanol–water partition coefficient (Wildman–Crippen LogP) is 3.29. The average Bonchev–Trinajstić information content (AvgIpc) is 2.63. The maximum absolute atomic E-state index is 12.5. The molecule has 0 unspecified atom stereocenters. The van der Waals surface area contributed by atoms with E-state index in [1.807, 2.05) is 54.6 Å². The van der Waals surface area contributed by atoms with Gasteiger partial charge in [-0.15, -0.1) is 0 Å². The number of nitrogens with zero attached hydrogens (tertiary/aromatic N) is 1. The van der Waals surface area contributed by atoms with Gasteiger partial charge in [0.2, 0.25) is 0 Å². The molecule has 2 aromatic heterocycles. The molecular weight excluding hydrogens is 396 g/mol. The molecule has 2 heterocycles. The van der Waals surface area contributed by atoms with Crippen molar-refractivity contribution in [3.05, 3.63) is 79.9 Å². The molecule has 0 radical (unpaired) electrons. The number of hydrogen-bond acceptors (Lipinski definition) is 4. The minimum atomic E-state index is -0.611. The molecule has 0 atom stereocenters. The second kappa shape index (κ2) is 6.27. The number of hydrogen-bond donors (Lipinski definition) is 3. The fourth-order valence-corrected chi connectivity index (χ4v) is 3.21. The molecule has 4 N–H and O–H groups in total. The van der Waals surface area contributed by atoms with Gasteiger partial charge in [0.25, 0.3) is 5.56 Å². The van der Waals surface area contributed by atoms with Gasteiger partial charge < -0.3 is 5.73 Å². The molecule has 26 heavy (non-hydrogen) atoms. The van der Waals surface area contributed by atoms with Crippen LogP contribution in [0, 0.1) is 0 Å². The Hall–Kier alpha value is -3.19. The summed E-state index contributed by atoms with van der Waals surface area (Å²) in [7, 11) is 0. The van der Waals surface area contributed by atoms with E-state index in [1.165, 1.54) is 0 Å². The third kappa shape index (κ3) is 2.72. The zero-order valence-electron chi connectivity index (χ0n) is 13.4. The molecule has 0 bridgehead atoms. The number of nitrogen functional groups attached to an aromatic ring is 1. The molecule has 0 aliphatic rings. The van der Waals surface area contributed by atoms with E-state index in [-0.39, 0.29) is 11.0 Å². The minimum Gasteiger partial charge on any atom is -0.396 e. The van der Waals surface area contributed by atoms with Crippen molar-refractivity contribution in [2.45, 2.75) is 0 Å². The Labute approximate surface area is 155 Å². The molecule has 0 aliphatic carbocycles. The van der Waals surface area contributed by atoms with Crippen molar-refractivity contribution in [1.82, 2.24) is 15.0 Å². The third-order valence-corrected chi connectivity index (χ3v) is 4.63. The summed E-state index contributed by atoms with van der Waals surface area (Å²) in [6.07, 6.45) is 0. The van der Waals surface area contributed by atoms with E-state index < -0.39 is 11.2 Å². The summed E-state index contributed by atoms with van der Waals surface area (Å²) in [4.78, 5) is 33.5. The van der Waals surface area contributed by atoms with Crippen LogP contribution in [0.3, 0.4) is 0 Å². The average molecular weight is 409 g/mol. The van der Waals surface area contributed by atoms with Gasteiger partial charge in [-0.2, -0.15) is 0 Å². The molecule has 6 nitrogen and oxygen atoms in total. The first-order valence-corrected chi connectivity index (χ1v) is 8.61. The van der Waals surface area contributed by atoms with Crippen LogP contribution in [0.25, 0.3) is 33.4 Å². The Bertz CT molecular complexity index is 1230. The van der Waals surface area contributed by atoms with E-state index >= 15 is 0 Å². The molecule has 4 rings (SSSR count). The number of benzene rings is 2. The van der Waals surface area contributed by atoms with Gasteiger partial charge in [0.15, 0.2) is 0 Å². The highest BCUT2D eigenvalue weighted by molar-refractivity contribution is 9.10. The highest BCUT2D eigenvalue weighted by atomic mass is 79.9. The predicted molar refractivity (Wildman–Crippen MR) is 106 cm³/mol. The molecule has 0 aliphatic heterocycles. The smallest absolute Gasteiger partial charge is 0.327 e. The molecule has 0 fully saturated rings. The molecule has 128 valence electrons. The highest BCUT2D eigenvalue weighted by Gasteiger charge is 2.18. The van der Waals surface area contributed by atoms with Crippen molar-refractivity contribution in [2.75, 3.05) is 5.73 Å². The maximum atomic E-state index is 12.5. The SMILES string of the molecule is Nc1c(-c2ccc(Br)cc2)nc2[nH]c(=O)[nH]c(=O)c2c1-c1ccccc1. The van der Waals surface area contributed by atoms with Crippen molar-refractivity contribution in [3.63, 3.8) is 0 Å². The van der Waals surface area contributed by atoms with Gasteiger partial charge in [-0.3, -0.25) is 14.8 Å². The lowest BCUT2D eigenvalue weighted by Gasteiger charge is -2.14. The lowest BCUT2D eigenvalue weighted by Crippen LogP contribution is -2.23. The van der Waals surface area contributed by atoms with Gasteiger partial charge in [-0.1, -0.05) is 58.4 Å². The van der Waals surface area contributed by atoms with Crippen LogP contribution in [-0.2, 0) is 0 Å². The van der Waals surface area contributed by atoms with Crippen molar-refractivity contribution in [3.8, 4) is 22.4 Å². The summed E-state index contributed by atoms with van der Waals surface area (Å²) < 4.78 is 0.925. The van der Waals surface area contributed by atoms with Crippen molar-refractivity contribution in [2.24, 2.45) is 0 Å². The number of halogens is 1. The second-order valence-electron chi connectivity index (χ2n) is 5.75. The van der Waals surface area contributed by atoms with E-state index in [9.17, 15) is 9.59 Å². The molecule has 0 saturated carbocycles. The molecule has 0 saturated heterocycles. The van der Waals surface area contributed by atoms with Crippen molar-refractivity contribution in [1.29, 1.82) is 0 Å².